The molecule has 0 spiro atoms. The Morgan fingerprint density at radius 1 is 1.21 bits per heavy atom. The van der Waals surface area contributed by atoms with Gasteiger partial charge in [-0.05, 0) is 49.7 Å². The molecule has 0 bridgehead atoms. The number of anilines is 2. The van der Waals surface area contributed by atoms with Crippen molar-refractivity contribution < 1.29 is 18.8 Å². The van der Waals surface area contributed by atoms with Crippen molar-refractivity contribution >= 4 is 29.1 Å². The van der Waals surface area contributed by atoms with E-state index in [0.29, 0.717) is 23.5 Å². The smallest absolute Gasteiger partial charge is 0.258 e. The van der Waals surface area contributed by atoms with E-state index in [1.807, 2.05) is 6.92 Å². The quantitative estimate of drug-likeness (QED) is 0.755. The normalized spacial score (nSPS) is 15.9. The van der Waals surface area contributed by atoms with Crippen LogP contribution in [0.25, 0.3) is 0 Å². The Kier molecular flexibility index (Phi) is 6.26. The third-order valence-corrected chi connectivity index (χ3v) is 4.82. The van der Waals surface area contributed by atoms with Crippen LogP contribution < -0.4 is 15.5 Å². The van der Waals surface area contributed by atoms with Gasteiger partial charge in [-0.25, -0.2) is 4.39 Å². The lowest BCUT2D eigenvalue weighted by molar-refractivity contribution is -0.116. The van der Waals surface area contributed by atoms with Gasteiger partial charge in [0, 0.05) is 30.1 Å². The van der Waals surface area contributed by atoms with E-state index >= 15 is 0 Å². The molecule has 7 heteroatoms. The van der Waals surface area contributed by atoms with Crippen molar-refractivity contribution in [2.45, 2.75) is 39.2 Å². The second kappa shape index (κ2) is 8.86. The fourth-order valence-electron chi connectivity index (χ4n) is 3.34. The zero-order valence-electron chi connectivity index (χ0n) is 16.5. The highest BCUT2D eigenvalue weighted by molar-refractivity contribution is 6.11. The van der Waals surface area contributed by atoms with E-state index in [-0.39, 0.29) is 23.8 Å². The first-order valence-electron chi connectivity index (χ1n) is 9.72. The molecule has 0 aromatic heterocycles. The second-order valence-corrected chi connectivity index (χ2v) is 7.13. The fraction of sp³-hybridized carbons (Fsp3) is 0.318. The van der Waals surface area contributed by atoms with Crippen LogP contribution in [-0.2, 0) is 4.79 Å². The molecule has 1 heterocycles. The van der Waals surface area contributed by atoms with Gasteiger partial charge in [0.2, 0.25) is 5.91 Å². The summed E-state index contributed by atoms with van der Waals surface area (Å²) in [6.45, 7) is 4.37. The molecule has 0 fully saturated rings. The summed E-state index contributed by atoms with van der Waals surface area (Å²) in [7, 11) is 0. The Labute approximate surface area is 169 Å². The number of benzene rings is 2. The average molecular weight is 397 g/mol. The van der Waals surface area contributed by atoms with Crippen molar-refractivity contribution in [2.24, 2.45) is 0 Å². The molecule has 1 aliphatic heterocycles. The number of rotatable bonds is 5. The molecule has 0 saturated carbocycles. The van der Waals surface area contributed by atoms with Gasteiger partial charge < -0.3 is 15.5 Å². The minimum atomic E-state index is -0.508. The summed E-state index contributed by atoms with van der Waals surface area (Å²) < 4.78 is 13.6. The Balaban J connectivity index is 1.96. The van der Waals surface area contributed by atoms with Crippen molar-refractivity contribution in [1.29, 1.82) is 0 Å². The lowest BCUT2D eigenvalue weighted by Gasteiger charge is -2.28. The Morgan fingerprint density at radius 3 is 2.72 bits per heavy atom. The predicted molar refractivity (Wildman–Crippen MR) is 110 cm³/mol. The zero-order chi connectivity index (χ0) is 21.0. The lowest BCUT2D eigenvalue weighted by atomic mass is 10.1. The van der Waals surface area contributed by atoms with Crippen LogP contribution in [0.4, 0.5) is 15.8 Å². The minimum absolute atomic E-state index is 0.0910. The first kappa shape index (κ1) is 20.5. The van der Waals surface area contributed by atoms with Crippen LogP contribution in [0.1, 0.15) is 53.8 Å². The molecule has 3 rings (SSSR count). The summed E-state index contributed by atoms with van der Waals surface area (Å²) >= 11 is 0. The lowest BCUT2D eigenvalue weighted by Crippen LogP contribution is -2.39. The summed E-state index contributed by atoms with van der Waals surface area (Å²) in [6, 6.07) is 9.84. The Hall–Kier alpha value is -3.22. The highest BCUT2D eigenvalue weighted by atomic mass is 19.1. The summed E-state index contributed by atoms with van der Waals surface area (Å²) in [5, 5.41) is 5.61. The summed E-state index contributed by atoms with van der Waals surface area (Å²) in [5.74, 6) is -1.41. The number of carbonyl (C=O) groups excluding carboxylic acids is 3. The highest BCUT2D eigenvalue weighted by Crippen LogP contribution is 2.33. The Morgan fingerprint density at radius 2 is 2.00 bits per heavy atom. The molecule has 2 N–H and O–H groups in total. The first-order chi connectivity index (χ1) is 13.9. The largest absolute Gasteiger partial charge is 0.352 e. The molecule has 2 aromatic carbocycles. The van der Waals surface area contributed by atoms with Gasteiger partial charge in [-0.3, -0.25) is 14.4 Å². The first-order valence-corrected chi connectivity index (χ1v) is 9.72. The molecule has 1 aliphatic rings. The topological polar surface area (TPSA) is 78.5 Å². The molecule has 0 saturated heterocycles. The van der Waals surface area contributed by atoms with Gasteiger partial charge in [-0.1, -0.05) is 19.4 Å². The zero-order valence-corrected chi connectivity index (χ0v) is 16.5. The van der Waals surface area contributed by atoms with Crippen molar-refractivity contribution in [1.82, 2.24) is 5.32 Å². The van der Waals surface area contributed by atoms with Crippen LogP contribution >= 0.6 is 0 Å². The van der Waals surface area contributed by atoms with E-state index in [1.165, 1.54) is 29.2 Å². The summed E-state index contributed by atoms with van der Waals surface area (Å²) in [4.78, 5) is 39.3. The van der Waals surface area contributed by atoms with Gasteiger partial charge in [-0.15, -0.1) is 0 Å². The van der Waals surface area contributed by atoms with Gasteiger partial charge in [-0.2, -0.15) is 0 Å². The highest BCUT2D eigenvalue weighted by Gasteiger charge is 2.31. The predicted octanol–water partition coefficient (Wildman–Crippen LogP) is 3.73. The number of fused-ring (bicyclic) bond motifs is 1. The number of nitrogens with one attached hydrogen (secondary N) is 2. The standard InChI is InChI=1S/C22H24FN3O3/c1-3-4-10-24-21(28)15-8-9-19-18(13-15)25-20(27)11-14(2)26(19)22(29)16-6-5-7-17(23)12-16/h5-9,12-14H,3-4,10-11H2,1-2H3,(H,24,28)(H,25,27). The molecule has 1 unspecified atom stereocenters. The number of nitrogens with zero attached hydrogens (tertiary/aromatic N) is 1. The summed E-state index contributed by atoms with van der Waals surface area (Å²) in [5.41, 5.74) is 1.45. The number of amides is 3. The molecule has 3 amide bonds. The molecule has 0 radical (unpaired) electrons. The van der Waals surface area contributed by atoms with Crippen LogP contribution in [0.2, 0.25) is 0 Å². The molecular weight excluding hydrogens is 373 g/mol. The SMILES string of the molecule is CCCCNC(=O)c1ccc2c(c1)NC(=O)CC(C)N2C(=O)c1cccc(F)c1. The van der Waals surface area contributed by atoms with E-state index in [9.17, 15) is 18.8 Å². The molecule has 2 aromatic rings. The Bertz CT molecular complexity index is 945. The van der Waals surface area contributed by atoms with E-state index in [1.54, 1.807) is 25.1 Å². The van der Waals surface area contributed by atoms with Crippen LogP contribution in [0, 0.1) is 5.82 Å². The van der Waals surface area contributed by atoms with Crippen LogP contribution in [0.15, 0.2) is 42.5 Å². The minimum Gasteiger partial charge on any atom is -0.352 e. The van der Waals surface area contributed by atoms with Crippen LogP contribution in [-0.4, -0.2) is 30.3 Å². The third kappa shape index (κ3) is 4.62. The molecule has 6 nitrogen and oxygen atoms in total. The van der Waals surface area contributed by atoms with Crippen molar-refractivity contribution in [3.8, 4) is 0 Å². The van der Waals surface area contributed by atoms with E-state index in [0.717, 1.165) is 12.8 Å². The second-order valence-electron chi connectivity index (χ2n) is 7.13. The number of unbranched alkanes of at least 4 members (excludes halogenated alkanes) is 1. The van der Waals surface area contributed by atoms with Gasteiger partial charge in [0.05, 0.1) is 11.4 Å². The monoisotopic (exact) mass is 397 g/mol. The van der Waals surface area contributed by atoms with Gasteiger partial charge >= 0.3 is 0 Å². The van der Waals surface area contributed by atoms with E-state index in [4.69, 9.17) is 0 Å². The number of hydrogen-bond acceptors (Lipinski definition) is 3. The van der Waals surface area contributed by atoms with Crippen molar-refractivity contribution in [2.75, 3.05) is 16.8 Å². The van der Waals surface area contributed by atoms with E-state index in [2.05, 4.69) is 10.6 Å². The van der Waals surface area contributed by atoms with Crippen LogP contribution in [0.3, 0.4) is 0 Å². The maximum absolute atomic E-state index is 13.6. The number of hydrogen-bond donors (Lipinski definition) is 2. The van der Waals surface area contributed by atoms with Gasteiger partial charge in [0.15, 0.2) is 0 Å². The van der Waals surface area contributed by atoms with Gasteiger partial charge in [0.25, 0.3) is 11.8 Å². The third-order valence-electron chi connectivity index (χ3n) is 4.82. The van der Waals surface area contributed by atoms with E-state index < -0.39 is 17.8 Å². The number of halogens is 1. The average Bonchev–Trinajstić information content (AvgIpc) is 2.81. The van der Waals surface area contributed by atoms with Gasteiger partial charge in [0.1, 0.15) is 5.82 Å². The summed E-state index contributed by atoms with van der Waals surface area (Å²) in [6.07, 6.45) is 1.93. The molecule has 152 valence electrons. The van der Waals surface area contributed by atoms with Crippen molar-refractivity contribution in [3.05, 3.63) is 59.4 Å². The maximum atomic E-state index is 13.6. The maximum Gasteiger partial charge on any atom is 0.258 e. The molecule has 1 atom stereocenters. The molecule has 29 heavy (non-hydrogen) atoms. The molecular formula is C22H24FN3O3. The number of carbonyl (C=O) groups is 3. The van der Waals surface area contributed by atoms with Crippen molar-refractivity contribution in [3.63, 3.8) is 0 Å². The fourth-order valence-corrected chi connectivity index (χ4v) is 3.34. The van der Waals surface area contributed by atoms with Crippen LogP contribution in [0.5, 0.6) is 0 Å². The molecule has 0 aliphatic carbocycles.